The monoisotopic (exact) mass is 410 g/mol. The Kier molecular flexibility index (Phi) is 6.50. The number of fused-ring (bicyclic) bond motifs is 1. The summed E-state index contributed by atoms with van der Waals surface area (Å²) in [6.45, 7) is 7.73. The number of allylic oxidation sites excluding steroid dienone is 1. The Morgan fingerprint density at radius 2 is 2.00 bits per heavy atom. The molecule has 0 aromatic rings. The molecule has 2 saturated heterocycles. The van der Waals surface area contributed by atoms with E-state index < -0.39 is 5.79 Å². The van der Waals surface area contributed by atoms with Crippen molar-refractivity contribution in [2.75, 3.05) is 11.5 Å². The third-order valence-electron chi connectivity index (χ3n) is 4.20. The van der Waals surface area contributed by atoms with E-state index >= 15 is 0 Å². The lowest BCUT2D eigenvalue weighted by Gasteiger charge is -2.26. The number of methoxy groups -OCH3 is 1. The first-order valence-corrected chi connectivity index (χ1v) is 9.24. The fourth-order valence-corrected chi connectivity index (χ4v) is 4.12. The first-order chi connectivity index (χ1) is 10.0. The maximum Gasteiger partial charge on any atom is 0.186 e. The molecule has 2 rings (SSSR count). The van der Waals surface area contributed by atoms with E-state index in [0.717, 1.165) is 23.7 Å². The summed E-state index contributed by atoms with van der Waals surface area (Å²) in [6, 6.07) is 0. The smallest absolute Gasteiger partial charge is 0.186 e. The maximum absolute atomic E-state index is 6.05. The molecule has 21 heavy (non-hydrogen) atoms. The molecule has 0 saturated carbocycles. The van der Waals surface area contributed by atoms with E-state index in [2.05, 4.69) is 29.2 Å². The summed E-state index contributed by atoms with van der Waals surface area (Å²) in [4.78, 5) is 0. The molecule has 5 atom stereocenters. The molecular formula is C16H27IO4. The Balaban J connectivity index is 1.99. The van der Waals surface area contributed by atoms with Crippen LogP contribution >= 0.6 is 22.6 Å². The number of halogens is 1. The second kappa shape index (κ2) is 7.73. The fourth-order valence-electron chi connectivity index (χ4n) is 3.24. The summed E-state index contributed by atoms with van der Waals surface area (Å²) in [5.41, 5.74) is 0. The molecule has 1 unspecified atom stereocenters. The summed E-state index contributed by atoms with van der Waals surface area (Å²) >= 11 is 2.44. The third-order valence-corrected chi connectivity index (χ3v) is 4.82. The van der Waals surface area contributed by atoms with Crippen LogP contribution in [-0.4, -0.2) is 41.9 Å². The van der Waals surface area contributed by atoms with Crippen LogP contribution in [0.2, 0.25) is 0 Å². The SMILES string of the molecule is C=CCC[C@@H](CCI)C[C@H]1O[C@@H](OC)[C@H]2OC(C)(C)OC12. The predicted octanol–water partition coefficient (Wildman–Crippen LogP) is 3.68. The molecular weight excluding hydrogens is 383 g/mol. The van der Waals surface area contributed by atoms with Crippen LogP contribution in [-0.2, 0) is 18.9 Å². The van der Waals surface area contributed by atoms with E-state index in [4.69, 9.17) is 18.9 Å². The minimum absolute atomic E-state index is 0.0228. The second-order valence-corrected chi connectivity index (χ2v) is 7.37. The van der Waals surface area contributed by atoms with Gasteiger partial charge in [-0.3, -0.25) is 0 Å². The van der Waals surface area contributed by atoms with Gasteiger partial charge in [0.25, 0.3) is 0 Å². The van der Waals surface area contributed by atoms with Gasteiger partial charge in [-0.25, -0.2) is 0 Å². The number of hydrogen-bond acceptors (Lipinski definition) is 4. The first kappa shape index (κ1) is 17.7. The van der Waals surface area contributed by atoms with Gasteiger partial charge in [0.1, 0.15) is 12.2 Å². The summed E-state index contributed by atoms with van der Waals surface area (Å²) in [5, 5.41) is 0. The quantitative estimate of drug-likeness (QED) is 0.348. The highest BCUT2D eigenvalue weighted by molar-refractivity contribution is 14.1. The molecule has 5 heteroatoms. The molecule has 0 radical (unpaired) electrons. The minimum Gasteiger partial charge on any atom is -0.353 e. The topological polar surface area (TPSA) is 36.9 Å². The highest BCUT2D eigenvalue weighted by Gasteiger charge is 2.55. The molecule has 2 heterocycles. The largest absolute Gasteiger partial charge is 0.353 e. The Labute approximate surface area is 141 Å². The van der Waals surface area contributed by atoms with Gasteiger partial charge in [0, 0.05) is 7.11 Å². The van der Waals surface area contributed by atoms with Crippen molar-refractivity contribution in [3.63, 3.8) is 0 Å². The molecule has 4 nitrogen and oxygen atoms in total. The molecule has 0 amide bonds. The van der Waals surface area contributed by atoms with Gasteiger partial charge in [0.15, 0.2) is 12.1 Å². The van der Waals surface area contributed by atoms with Crippen molar-refractivity contribution < 1.29 is 18.9 Å². The molecule has 2 aliphatic rings. The lowest BCUT2D eigenvalue weighted by atomic mass is 9.91. The van der Waals surface area contributed by atoms with Gasteiger partial charge >= 0.3 is 0 Å². The average molecular weight is 410 g/mol. The zero-order chi connectivity index (χ0) is 15.5. The summed E-state index contributed by atoms with van der Waals surface area (Å²) in [7, 11) is 1.67. The summed E-state index contributed by atoms with van der Waals surface area (Å²) < 4.78 is 24.6. The number of alkyl halides is 1. The van der Waals surface area contributed by atoms with Crippen molar-refractivity contribution in [1.29, 1.82) is 0 Å². The highest BCUT2D eigenvalue weighted by atomic mass is 127. The Morgan fingerprint density at radius 1 is 1.29 bits per heavy atom. The Hall–Kier alpha value is 0.310. The van der Waals surface area contributed by atoms with Gasteiger partial charge in [-0.05, 0) is 49.9 Å². The third kappa shape index (κ3) is 4.41. The molecule has 122 valence electrons. The van der Waals surface area contributed by atoms with Crippen molar-refractivity contribution in [2.45, 2.75) is 69.9 Å². The lowest BCUT2D eigenvalue weighted by Crippen LogP contribution is -2.31. The molecule has 0 N–H and O–H groups in total. The number of hydrogen-bond donors (Lipinski definition) is 0. The Bertz CT molecular complexity index is 347. The van der Waals surface area contributed by atoms with E-state index in [-0.39, 0.29) is 24.6 Å². The van der Waals surface area contributed by atoms with Crippen LogP contribution in [0, 0.1) is 5.92 Å². The van der Waals surface area contributed by atoms with Crippen LogP contribution in [0.25, 0.3) is 0 Å². The molecule has 0 spiro atoms. The van der Waals surface area contributed by atoms with Gasteiger partial charge in [0.2, 0.25) is 0 Å². The molecule has 0 aromatic carbocycles. The zero-order valence-electron chi connectivity index (χ0n) is 13.2. The standard InChI is InChI=1S/C16H27IO4/c1-5-6-7-11(8-9-17)10-12-13-14(15(18-4)19-12)21-16(2,3)20-13/h5,11-15H,1,6-10H2,2-4H3/t11-,12+,13?,14-,15+/m0/s1. The number of ether oxygens (including phenoxy) is 4. The van der Waals surface area contributed by atoms with E-state index in [1.54, 1.807) is 7.11 Å². The molecule has 0 bridgehead atoms. The van der Waals surface area contributed by atoms with Gasteiger partial charge in [-0.15, -0.1) is 6.58 Å². The van der Waals surface area contributed by atoms with Gasteiger partial charge in [-0.1, -0.05) is 28.7 Å². The average Bonchev–Trinajstić information content (AvgIpc) is 2.90. The van der Waals surface area contributed by atoms with E-state index in [0.29, 0.717) is 5.92 Å². The van der Waals surface area contributed by atoms with Gasteiger partial charge in [-0.2, -0.15) is 0 Å². The summed E-state index contributed by atoms with van der Waals surface area (Å²) in [5.74, 6) is 0.0852. The van der Waals surface area contributed by atoms with Crippen molar-refractivity contribution in [3.8, 4) is 0 Å². The lowest BCUT2D eigenvalue weighted by molar-refractivity contribution is -0.228. The van der Waals surface area contributed by atoms with E-state index in [9.17, 15) is 0 Å². The zero-order valence-corrected chi connectivity index (χ0v) is 15.4. The van der Waals surface area contributed by atoms with Gasteiger partial charge < -0.3 is 18.9 Å². The molecule has 0 aromatic heterocycles. The van der Waals surface area contributed by atoms with Crippen molar-refractivity contribution in [1.82, 2.24) is 0 Å². The molecule has 2 aliphatic heterocycles. The summed E-state index contributed by atoms with van der Waals surface area (Å²) in [6.07, 6.45) is 6.00. The van der Waals surface area contributed by atoms with E-state index in [1.807, 2.05) is 19.9 Å². The van der Waals surface area contributed by atoms with Gasteiger partial charge in [0.05, 0.1) is 6.10 Å². The predicted molar refractivity (Wildman–Crippen MR) is 90.5 cm³/mol. The van der Waals surface area contributed by atoms with Crippen LogP contribution in [0.5, 0.6) is 0 Å². The maximum atomic E-state index is 6.05. The minimum atomic E-state index is -0.548. The normalized spacial score (nSPS) is 35.6. The second-order valence-electron chi connectivity index (χ2n) is 6.29. The van der Waals surface area contributed by atoms with Crippen LogP contribution in [0.3, 0.4) is 0 Å². The van der Waals surface area contributed by atoms with Crippen LogP contribution in [0.4, 0.5) is 0 Å². The van der Waals surface area contributed by atoms with Crippen molar-refractivity contribution in [3.05, 3.63) is 12.7 Å². The first-order valence-electron chi connectivity index (χ1n) is 7.71. The van der Waals surface area contributed by atoms with Crippen LogP contribution < -0.4 is 0 Å². The molecule has 0 aliphatic carbocycles. The van der Waals surface area contributed by atoms with Crippen LogP contribution in [0.1, 0.15) is 39.5 Å². The number of rotatable bonds is 8. The van der Waals surface area contributed by atoms with Crippen LogP contribution in [0.15, 0.2) is 12.7 Å². The Morgan fingerprint density at radius 3 is 2.62 bits per heavy atom. The van der Waals surface area contributed by atoms with Crippen molar-refractivity contribution in [2.24, 2.45) is 5.92 Å². The van der Waals surface area contributed by atoms with E-state index in [1.165, 1.54) is 6.42 Å². The highest BCUT2D eigenvalue weighted by Crippen LogP contribution is 2.41. The van der Waals surface area contributed by atoms with Crippen molar-refractivity contribution >= 4 is 22.6 Å². The molecule has 2 fully saturated rings. The fraction of sp³-hybridized carbons (Fsp3) is 0.875.